The summed E-state index contributed by atoms with van der Waals surface area (Å²) in [6.07, 6.45) is 2.69. The van der Waals surface area contributed by atoms with Crippen LogP contribution in [0.25, 0.3) is 0 Å². The second kappa shape index (κ2) is 5.94. The summed E-state index contributed by atoms with van der Waals surface area (Å²) in [5.74, 6) is 0. The van der Waals surface area contributed by atoms with Crippen molar-refractivity contribution in [2.75, 3.05) is 6.61 Å². The first kappa shape index (κ1) is 13.6. The zero-order chi connectivity index (χ0) is 13.9. The van der Waals surface area contributed by atoms with Crippen LogP contribution in [0.3, 0.4) is 0 Å². The van der Waals surface area contributed by atoms with Crippen LogP contribution < -0.4 is 4.80 Å². The number of nitrogens with zero attached hydrogens (tertiary/aromatic N) is 2. The van der Waals surface area contributed by atoms with Crippen molar-refractivity contribution in [3.05, 3.63) is 45.7 Å². The predicted molar refractivity (Wildman–Crippen MR) is 82.4 cm³/mol. The summed E-state index contributed by atoms with van der Waals surface area (Å²) >= 11 is 1.70. The lowest BCUT2D eigenvalue weighted by Crippen LogP contribution is -2.24. The van der Waals surface area contributed by atoms with Gasteiger partial charge in [0.1, 0.15) is 0 Å². The summed E-state index contributed by atoms with van der Waals surface area (Å²) in [5.41, 5.74) is 3.52. The molecule has 2 aromatic rings. The molecular weight excluding hydrogens is 268 g/mol. The molecule has 0 bridgehead atoms. The van der Waals surface area contributed by atoms with E-state index in [-0.39, 0.29) is 0 Å². The minimum atomic E-state index is 0.347. The molecule has 1 saturated heterocycles. The van der Waals surface area contributed by atoms with Gasteiger partial charge in [-0.3, -0.25) is 0 Å². The smallest absolute Gasteiger partial charge is 0.190 e. The minimum Gasteiger partial charge on any atom is -0.376 e. The first-order valence-electron chi connectivity index (χ1n) is 7.10. The van der Waals surface area contributed by atoms with E-state index in [1.807, 2.05) is 0 Å². The Bertz CT molecular complexity index is 650. The first-order valence-corrected chi connectivity index (χ1v) is 7.98. The largest absolute Gasteiger partial charge is 0.376 e. The average Bonchev–Trinajstić information content (AvgIpc) is 3.04. The van der Waals surface area contributed by atoms with Crippen molar-refractivity contribution in [2.45, 2.75) is 39.3 Å². The van der Waals surface area contributed by atoms with Gasteiger partial charge in [0.05, 0.1) is 18.3 Å². The highest BCUT2D eigenvalue weighted by Gasteiger charge is 2.17. The molecule has 0 amide bonds. The molecule has 1 atom stereocenters. The van der Waals surface area contributed by atoms with Crippen LogP contribution in [0, 0.1) is 13.8 Å². The van der Waals surface area contributed by atoms with Crippen molar-refractivity contribution in [1.29, 1.82) is 0 Å². The van der Waals surface area contributed by atoms with Gasteiger partial charge in [-0.05, 0) is 44.4 Å². The average molecular weight is 288 g/mol. The molecule has 4 heteroatoms. The zero-order valence-corrected chi connectivity index (χ0v) is 12.8. The van der Waals surface area contributed by atoms with Gasteiger partial charge < -0.3 is 9.30 Å². The molecule has 3 rings (SSSR count). The second-order valence-electron chi connectivity index (χ2n) is 5.36. The Morgan fingerprint density at radius 1 is 1.40 bits per heavy atom. The topological polar surface area (TPSA) is 26.5 Å². The SMILES string of the molecule is Cc1cccc(N=c2scc(C)n2CC2CCCO2)c1. The number of aromatic nitrogens is 1. The van der Waals surface area contributed by atoms with E-state index >= 15 is 0 Å². The van der Waals surface area contributed by atoms with Gasteiger partial charge in [-0.1, -0.05) is 12.1 Å². The van der Waals surface area contributed by atoms with Crippen LogP contribution in [0.2, 0.25) is 0 Å². The van der Waals surface area contributed by atoms with Crippen LogP contribution in [0.1, 0.15) is 24.1 Å². The molecule has 0 aliphatic carbocycles. The van der Waals surface area contributed by atoms with Crippen LogP contribution in [-0.4, -0.2) is 17.3 Å². The summed E-state index contributed by atoms with van der Waals surface area (Å²) in [6, 6.07) is 8.32. The number of benzene rings is 1. The number of hydrogen-bond donors (Lipinski definition) is 0. The van der Waals surface area contributed by atoms with Crippen molar-refractivity contribution < 1.29 is 4.74 Å². The predicted octanol–water partition coefficient (Wildman–Crippen LogP) is 3.58. The third-order valence-electron chi connectivity index (χ3n) is 3.63. The van der Waals surface area contributed by atoms with Crippen molar-refractivity contribution in [1.82, 2.24) is 4.57 Å². The Kier molecular flexibility index (Phi) is 4.03. The van der Waals surface area contributed by atoms with E-state index in [1.165, 1.54) is 17.7 Å². The van der Waals surface area contributed by atoms with Gasteiger partial charge in [0, 0.05) is 17.7 Å². The molecule has 20 heavy (non-hydrogen) atoms. The van der Waals surface area contributed by atoms with Gasteiger partial charge in [-0.2, -0.15) is 0 Å². The van der Waals surface area contributed by atoms with E-state index in [2.05, 4.69) is 48.1 Å². The highest BCUT2D eigenvalue weighted by atomic mass is 32.1. The van der Waals surface area contributed by atoms with E-state index in [4.69, 9.17) is 9.73 Å². The Labute approximate surface area is 123 Å². The van der Waals surface area contributed by atoms with Gasteiger partial charge in [0.25, 0.3) is 0 Å². The maximum atomic E-state index is 5.75. The third kappa shape index (κ3) is 3.02. The lowest BCUT2D eigenvalue weighted by atomic mass is 10.2. The highest BCUT2D eigenvalue weighted by molar-refractivity contribution is 7.07. The molecule has 1 aromatic heterocycles. The number of thiazole rings is 1. The van der Waals surface area contributed by atoms with E-state index in [9.17, 15) is 0 Å². The van der Waals surface area contributed by atoms with Gasteiger partial charge >= 0.3 is 0 Å². The number of hydrogen-bond acceptors (Lipinski definition) is 3. The number of ether oxygens (including phenoxy) is 1. The normalized spacial score (nSPS) is 19.7. The van der Waals surface area contributed by atoms with Gasteiger partial charge in [0.15, 0.2) is 4.80 Å². The van der Waals surface area contributed by atoms with E-state index in [0.29, 0.717) is 6.10 Å². The molecule has 1 aromatic carbocycles. The molecule has 1 fully saturated rings. The molecule has 1 aliphatic rings. The maximum absolute atomic E-state index is 5.75. The van der Waals surface area contributed by atoms with Crippen molar-refractivity contribution in [3.63, 3.8) is 0 Å². The molecule has 1 unspecified atom stereocenters. The maximum Gasteiger partial charge on any atom is 0.190 e. The van der Waals surface area contributed by atoms with Crippen molar-refractivity contribution >= 4 is 17.0 Å². The fourth-order valence-corrected chi connectivity index (χ4v) is 3.43. The van der Waals surface area contributed by atoms with E-state index in [0.717, 1.165) is 30.1 Å². The minimum absolute atomic E-state index is 0.347. The Morgan fingerprint density at radius 2 is 2.30 bits per heavy atom. The quantitative estimate of drug-likeness (QED) is 0.848. The Hall–Kier alpha value is -1.39. The first-order chi connectivity index (χ1) is 9.72. The van der Waals surface area contributed by atoms with Gasteiger partial charge in [0.2, 0.25) is 0 Å². The highest BCUT2D eigenvalue weighted by Crippen LogP contribution is 2.16. The van der Waals surface area contributed by atoms with Crippen molar-refractivity contribution in [3.8, 4) is 0 Å². The third-order valence-corrected chi connectivity index (χ3v) is 4.61. The molecule has 0 saturated carbocycles. The van der Waals surface area contributed by atoms with Crippen LogP contribution in [0.5, 0.6) is 0 Å². The molecule has 106 valence electrons. The molecular formula is C16H20N2OS. The summed E-state index contributed by atoms with van der Waals surface area (Å²) in [7, 11) is 0. The fraction of sp³-hybridized carbons (Fsp3) is 0.438. The number of rotatable bonds is 3. The Morgan fingerprint density at radius 3 is 3.05 bits per heavy atom. The van der Waals surface area contributed by atoms with Gasteiger partial charge in [-0.25, -0.2) is 4.99 Å². The van der Waals surface area contributed by atoms with Crippen LogP contribution in [0.15, 0.2) is 34.6 Å². The standard InChI is InChI=1S/C16H20N2OS/c1-12-5-3-6-14(9-12)17-16-18(13(2)11-20-16)10-15-7-4-8-19-15/h3,5-6,9,11,15H,4,7-8,10H2,1-2H3. The molecule has 3 nitrogen and oxygen atoms in total. The summed E-state index contributed by atoms with van der Waals surface area (Å²) in [4.78, 5) is 5.85. The molecule has 1 aliphatic heterocycles. The van der Waals surface area contributed by atoms with Crippen LogP contribution in [-0.2, 0) is 11.3 Å². The summed E-state index contributed by atoms with van der Waals surface area (Å²) in [5, 5.41) is 2.17. The summed E-state index contributed by atoms with van der Waals surface area (Å²) in [6.45, 7) is 6.05. The monoisotopic (exact) mass is 288 g/mol. The molecule has 2 heterocycles. The van der Waals surface area contributed by atoms with Crippen LogP contribution >= 0.6 is 11.3 Å². The molecule has 0 N–H and O–H groups in total. The van der Waals surface area contributed by atoms with Crippen LogP contribution in [0.4, 0.5) is 5.69 Å². The Balaban J connectivity index is 1.93. The number of aryl methyl sites for hydroxylation is 2. The van der Waals surface area contributed by atoms with E-state index < -0.39 is 0 Å². The lowest BCUT2D eigenvalue weighted by Gasteiger charge is -2.12. The molecule has 0 radical (unpaired) electrons. The fourth-order valence-electron chi connectivity index (χ4n) is 2.52. The van der Waals surface area contributed by atoms with Gasteiger partial charge in [-0.15, -0.1) is 11.3 Å². The van der Waals surface area contributed by atoms with Crippen molar-refractivity contribution in [2.24, 2.45) is 4.99 Å². The molecule has 0 spiro atoms. The second-order valence-corrected chi connectivity index (χ2v) is 6.19. The van der Waals surface area contributed by atoms with E-state index in [1.54, 1.807) is 11.3 Å². The lowest BCUT2D eigenvalue weighted by molar-refractivity contribution is 0.0959. The zero-order valence-electron chi connectivity index (χ0n) is 12.0. The summed E-state index contributed by atoms with van der Waals surface area (Å²) < 4.78 is 8.03.